The number of para-hydroxylation sites is 1. The number of aromatic nitrogens is 1. The zero-order valence-corrected chi connectivity index (χ0v) is 16.7. The molecule has 0 aliphatic heterocycles. The maximum atomic E-state index is 12.0. The largest absolute Gasteiger partial charge is 0.355 e. The van der Waals surface area contributed by atoms with Crippen molar-refractivity contribution < 1.29 is 9.59 Å². The smallest absolute Gasteiger partial charge is 0.230 e. The quantitative estimate of drug-likeness (QED) is 0.442. The van der Waals surface area contributed by atoms with Gasteiger partial charge in [-0.25, -0.2) is 4.98 Å². The van der Waals surface area contributed by atoms with Crippen molar-refractivity contribution in [1.29, 1.82) is 0 Å². The number of nitrogens with zero attached hydrogens (tertiary/aromatic N) is 1. The first-order valence-corrected chi connectivity index (χ1v) is 10.5. The number of fused-ring (bicyclic) bond motifs is 1. The summed E-state index contributed by atoms with van der Waals surface area (Å²) in [7, 11) is 0. The number of aryl methyl sites for hydroxylation is 1. The molecule has 0 saturated carbocycles. The van der Waals surface area contributed by atoms with Gasteiger partial charge in [-0.2, -0.15) is 0 Å². The molecule has 5 nitrogen and oxygen atoms in total. The van der Waals surface area contributed by atoms with Crippen molar-refractivity contribution in [2.45, 2.75) is 24.7 Å². The molecule has 2 aromatic carbocycles. The number of amides is 2. The van der Waals surface area contributed by atoms with Gasteiger partial charge in [0.05, 0.1) is 21.0 Å². The molecular weight excluding hydrogens is 378 g/mol. The number of rotatable bonds is 8. The van der Waals surface area contributed by atoms with E-state index in [4.69, 9.17) is 0 Å². The van der Waals surface area contributed by atoms with Gasteiger partial charge >= 0.3 is 0 Å². The van der Waals surface area contributed by atoms with Gasteiger partial charge in [0.2, 0.25) is 11.8 Å². The van der Waals surface area contributed by atoms with E-state index in [2.05, 4.69) is 21.7 Å². The molecule has 0 aliphatic rings. The molecule has 0 atom stereocenters. The summed E-state index contributed by atoms with van der Waals surface area (Å²) < 4.78 is 1.21. The molecule has 1 heterocycles. The number of benzene rings is 2. The standard InChI is InChI=1S/C20H21N3O2S2/c1-14(24)22-15-8-10-16(11-9-15)26-13-19(25)21-12-4-7-20-23-17-5-2-3-6-18(17)27-20/h2-3,5-6,8-11H,4,7,12-13H2,1H3,(H,21,25)(H,22,24). The van der Waals surface area contributed by atoms with Crippen molar-refractivity contribution in [2.24, 2.45) is 0 Å². The normalized spacial score (nSPS) is 10.7. The van der Waals surface area contributed by atoms with E-state index in [0.29, 0.717) is 12.3 Å². The van der Waals surface area contributed by atoms with E-state index in [-0.39, 0.29) is 11.8 Å². The van der Waals surface area contributed by atoms with E-state index in [0.717, 1.165) is 33.9 Å². The van der Waals surface area contributed by atoms with Gasteiger partial charge in [-0.15, -0.1) is 23.1 Å². The van der Waals surface area contributed by atoms with Crippen molar-refractivity contribution in [2.75, 3.05) is 17.6 Å². The summed E-state index contributed by atoms with van der Waals surface area (Å²) >= 11 is 3.19. The molecule has 7 heteroatoms. The molecule has 3 aromatic rings. The molecule has 2 amide bonds. The Kier molecular flexibility index (Phi) is 6.84. The number of anilines is 1. The van der Waals surface area contributed by atoms with Gasteiger partial charge in [-0.1, -0.05) is 12.1 Å². The lowest BCUT2D eigenvalue weighted by atomic mass is 10.3. The van der Waals surface area contributed by atoms with Crippen molar-refractivity contribution in [1.82, 2.24) is 10.3 Å². The van der Waals surface area contributed by atoms with Crippen LogP contribution in [-0.2, 0) is 16.0 Å². The number of thioether (sulfide) groups is 1. The lowest BCUT2D eigenvalue weighted by Crippen LogP contribution is -2.26. The summed E-state index contributed by atoms with van der Waals surface area (Å²) in [4.78, 5) is 28.6. The number of carbonyl (C=O) groups is 2. The monoisotopic (exact) mass is 399 g/mol. The molecule has 0 unspecified atom stereocenters. The first kappa shape index (κ1) is 19.4. The van der Waals surface area contributed by atoms with Crippen LogP contribution in [0.25, 0.3) is 10.2 Å². The molecule has 0 saturated heterocycles. The first-order valence-electron chi connectivity index (χ1n) is 8.72. The van der Waals surface area contributed by atoms with Gasteiger partial charge in [0, 0.05) is 30.5 Å². The lowest BCUT2D eigenvalue weighted by molar-refractivity contribution is -0.118. The van der Waals surface area contributed by atoms with Crippen molar-refractivity contribution in [3.05, 3.63) is 53.5 Å². The second kappa shape index (κ2) is 9.53. The van der Waals surface area contributed by atoms with Gasteiger partial charge in [-0.3, -0.25) is 9.59 Å². The fourth-order valence-electron chi connectivity index (χ4n) is 2.53. The second-order valence-electron chi connectivity index (χ2n) is 6.02. The summed E-state index contributed by atoms with van der Waals surface area (Å²) in [6.07, 6.45) is 1.75. The summed E-state index contributed by atoms with van der Waals surface area (Å²) in [5.41, 5.74) is 1.80. The lowest BCUT2D eigenvalue weighted by Gasteiger charge is -2.06. The molecule has 27 heavy (non-hydrogen) atoms. The number of nitrogens with one attached hydrogen (secondary N) is 2. The van der Waals surface area contributed by atoms with Gasteiger partial charge in [0.15, 0.2) is 0 Å². The topological polar surface area (TPSA) is 71.1 Å². The number of thiazole rings is 1. The zero-order chi connectivity index (χ0) is 19.1. The van der Waals surface area contributed by atoms with Crippen LogP contribution in [-0.4, -0.2) is 29.1 Å². The Hall–Kier alpha value is -2.38. The molecule has 0 aliphatic carbocycles. The Bertz CT molecular complexity index is 889. The zero-order valence-electron chi connectivity index (χ0n) is 15.0. The predicted molar refractivity (Wildman–Crippen MR) is 112 cm³/mol. The van der Waals surface area contributed by atoms with Crippen LogP contribution in [0.15, 0.2) is 53.4 Å². The highest BCUT2D eigenvalue weighted by Crippen LogP contribution is 2.22. The minimum atomic E-state index is -0.0966. The van der Waals surface area contributed by atoms with Crippen LogP contribution in [0.2, 0.25) is 0 Å². The Morgan fingerprint density at radius 3 is 2.63 bits per heavy atom. The molecule has 0 fully saturated rings. The summed E-state index contributed by atoms with van der Waals surface area (Å²) in [6.45, 7) is 2.13. The molecular formula is C20H21N3O2S2. The van der Waals surface area contributed by atoms with Gasteiger partial charge in [-0.05, 0) is 42.8 Å². The summed E-state index contributed by atoms with van der Waals surface area (Å²) in [5.74, 6) is 0.302. The molecule has 0 radical (unpaired) electrons. The fraction of sp³-hybridized carbons (Fsp3) is 0.250. The highest BCUT2D eigenvalue weighted by Gasteiger charge is 2.05. The van der Waals surface area contributed by atoms with Gasteiger partial charge in [0.1, 0.15) is 0 Å². The van der Waals surface area contributed by atoms with Crippen LogP contribution >= 0.6 is 23.1 Å². The molecule has 0 spiro atoms. The molecule has 1 aromatic heterocycles. The Labute approximate surface area is 166 Å². The van der Waals surface area contributed by atoms with Crippen LogP contribution in [0.4, 0.5) is 5.69 Å². The highest BCUT2D eigenvalue weighted by atomic mass is 32.2. The van der Waals surface area contributed by atoms with E-state index in [1.54, 1.807) is 11.3 Å². The van der Waals surface area contributed by atoms with E-state index in [1.807, 2.05) is 42.5 Å². The second-order valence-corrected chi connectivity index (χ2v) is 8.19. The third-order valence-electron chi connectivity index (χ3n) is 3.77. The van der Waals surface area contributed by atoms with E-state index in [1.165, 1.54) is 23.4 Å². The van der Waals surface area contributed by atoms with Crippen molar-refractivity contribution >= 4 is 50.8 Å². The maximum Gasteiger partial charge on any atom is 0.230 e. The maximum absolute atomic E-state index is 12.0. The predicted octanol–water partition coefficient (Wildman–Crippen LogP) is 4.10. The minimum absolute atomic E-state index is 0.0234. The SMILES string of the molecule is CC(=O)Nc1ccc(SCC(=O)NCCCc2nc3ccccc3s2)cc1. The van der Waals surface area contributed by atoms with Crippen molar-refractivity contribution in [3.63, 3.8) is 0 Å². The highest BCUT2D eigenvalue weighted by molar-refractivity contribution is 8.00. The van der Waals surface area contributed by atoms with Gasteiger partial charge in [0.25, 0.3) is 0 Å². The third-order valence-corrected chi connectivity index (χ3v) is 5.88. The van der Waals surface area contributed by atoms with Crippen LogP contribution in [0.5, 0.6) is 0 Å². The Balaban J connectivity index is 1.35. The Morgan fingerprint density at radius 1 is 1.11 bits per heavy atom. The number of hydrogen-bond acceptors (Lipinski definition) is 5. The minimum Gasteiger partial charge on any atom is -0.355 e. The first-order chi connectivity index (χ1) is 13.1. The fourth-order valence-corrected chi connectivity index (χ4v) is 4.27. The number of hydrogen-bond donors (Lipinski definition) is 2. The van der Waals surface area contributed by atoms with Crippen LogP contribution in [0.1, 0.15) is 18.4 Å². The molecule has 2 N–H and O–H groups in total. The third kappa shape index (κ3) is 6.08. The van der Waals surface area contributed by atoms with E-state index >= 15 is 0 Å². The van der Waals surface area contributed by atoms with E-state index in [9.17, 15) is 9.59 Å². The molecule has 3 rings (SSSR count). The summed E-state index contributed by atoms with van der Waals surface area (Å²) in [5, 5.41) is 6.79. The van der Waals surface area contributed by atoms with Gasteiger partial charge < -0.3 is 10.6 Å². The Morgan fingerprint density at radius 2 is 1.89 bits per heavy atom. The van der Waals surface area contributed by atoms with Crippen LogP contribution in [0.3, 0.4) is 0 Å². The van der Waals surface area contributed by atoms with Crippen molar-refractivity contribution in [3.8, 4) is 0 Å². The van der Waals surface area contributed by atoms with Crippen LogP contribution in [0, 0.1) is 0 Å². The van der Waals surface area contributed by atoms with E-state index < -0.39 is 0 Å². The average Bonchev–Trinajstić information content (AvgIpc) is 3.07. The molecule has 0 bridgehead atoms. The van der Waals surface area contributed by atoms with Crippen LogP contribution < -0.4 is 10.6 Å². The summed E-state index contributed by atoms with van der Waals surface area (Å²) in [6, 6.07) is 15.6. The molecule has 140 valence electrons. The average molecular weight is 400 g/mol. The number of carbonyl (C=O) groups excluding carboxylic acids is 2.